The van der Waals surface area contributed by atoms with Gasteiger partial charge in [-0.3, -0.25) is 4.18 Å². The van der Waals surface area contributed by atoms with Gasteiger partial charge in [0.2, 0.25) is 0 Å². The second-order valence-electron chi connectivity index (χ2n) is 2.79. The van der Waals surface area contributed by atoms with Crippen molar-refractivity contribution in [3.8, 4) is 0 Å². The lowest BCUT2D eigenvalue weighted by molar-refractivity contribution is 0.336. The molecule has 0 bridgehead atoms. The van der Waals surface area contributed by atoms with Gasteiger partial charge in [0.1, 0.15) is 8.77 Å². The normalized spacial score (nSPS) is 15.8. The van der Waals surface area contributed by atoms with Gasteiger partial charge in [-0.05, 0) is 12.8 Å². The molecule has 0 fully saturated rings. The second kappa shape index (κ2) is 6.80. The zero-order valence-corrected chi connectivity index (χ0v) is 9.51. The summed E-state index contributed by atoms with van der Waals surface area (Å²) in [4.78, 5) is 0. The van der Waals surface area contributed by atoms with Gasteiger partial charge in [-0.25, -0.2) is 4.21 Å². The Balaban J connectivity index is 3.58. The van der Waals surface area contributed by atoms with Crippen LogP contribution in [0.2, 0.25) is 0 Å². The average Bonchev–Trinajstić information content (AvgIpc) is 2.01. The van der Waals surface area contributed by atoms with Gasteiger partial charge in [-0.1, -0.05) is 26.7 Å². The van der Waals surface area contributed by atoms with E-state index < -0.39 is 8.77 Å². The highest BCUT2D eigenvalue weighted by Crippen LogP contribution is 2.01. The van der Waals surface area contributed by atoms with E-state index in [9.17, 15) is 4.21 Å². The molecule has 1 unspecified atom stereocenters. The van der Waals surface area contributed by atoms with Crippen molar-refractivity contribution in [2.24, 2.45) is 0 Å². The van der Waals surface area contributed by atoms with Crippen LogP contribution in [0.4, 0.5) is 0 Å². The molecule has 0 spiro atoms. The van der Waals surface area contributed by atoms with E-state index >= 15 is 0 Å². The van der Waals surface area contributed by atoms with Crippen LogP contribution in [-0.2, 0) is 24.1 Å². The van der Waals surface area contributed by atoms with E-state index in [1.54, 1.807) is 0 Å². The van der Waals surface area contributed by atoms with Crippen molar-refractivity contribution in [1.82, 2.24) is 0 Å². The Kier molecular flexibility index (Phi) is 6.99. The SMILES string of the molecule is CCCCOS(=O)(=S)CCCC. The number of hydrogen-bond donors (Lipinski definition) is 0. The van der Waals surface area contributed by atoms with Crippen LogP contribution in [0.25, 0.3) is 0 Å². The van der Waals surface area contributed by atoms with Crippen molar-refractivity contribution < 1.29 is 8.39 Å². The minimum Gasteiger partial charge on any atom is -0.290 e. The molecule has 0 amide bonds. The smallest absolute Gasteiger partial charge is 0.144 e. The average molecular weight is 210 g/mol. The highest BCUT2D eigenvalue weighted by Gasteiger charge is 2.04. The molecule has 0 rings (SSSR count). The van der Waals surface area contributed by atoms with E-state index in [2.05, 4.69) is 13.8 Å². The summed E-state index contributed by atoms with van der Waals surface area (Å²) >= 11 is 4.83. The molecule has 0 saturated heterocycles. The van der Waals surface area contributed by atoms with E-state index in [4.69, 9.17) is 15.4 Å². The Hall–Kier alpha value is 0.330. The van der Waals surface area contributed by atoms with E-state index in [-0.39, 0.29) is 0 Å². The number of rotatable bonds is 7. The first-order chi connectivity index (χ1) is 5.62. The Morgan fingerprint density at radius 1 is 1.25 bits per heavy atom. The van der Waals surface area contributed by atoms with Gasteiger partial charge in [-0.15, -0.1) is 0 Å². The van der Waals surface area contributed by atoms with Crippen LogP contribution in [0.15, 0.2) is 0 Å². The standard InChI is InChI=1S/C8H18O2S2/c1-3-5-7-10-12(9,11)8-6-4-2/h3-8H2,1-2H3. The topological polar surface area (TPSA) is 26.3 Å². The Bertz CT molecular complexity index is 185. The summed E-state index contributed by atoms with van der Waals surface area (Å²) < 4.78 is 16.5. The van der Waals surface area contributed by atoms with Crippen molar-refractivity contribution in [3.63, 3.8) is 0 Å². The van der Waals surface area contributed by atoms with Crippen LogP contribution in [0, 0.1) is 0 Å². The molecule has 0 N–H and O–H groups in total. The molecule has 0 aromatic heterocycles. The molecule has 12 heavy (non-hydrogen) atoms. The first kappa shape index (κ1) is 12.3. The lowest BCUT2D eigenvalue weighted by atomic mass is 10.4. The quantitative estimate of drug-likeness (QED) is 0.603. The van der Waals surface area contributed by atoms with Gasteiger partial charge in [0.25, 0.3) is 0 Å². The lowest BCUT2D eigenvalue weighted by Crippen LogP contribution is -2.09. The fourth-order valence-corrected chi connectivity index (χ4v) is 2.40. The molecule has 0 aliphatic rings. The molecule has 0 saturated carbocycles. The third-order valence-electron chi connectivity index (χ3n) is 1.51. The Morgan fingerprint density at radius 2 is 1.83 bits per heavy atom. The highest BCUT2D eigenvalue weighted by atomic mass is 32.8. The van der Waals surface area contributed by atoms with Crippen molar-refractivity contribution in [1.29, 1.82) is 0 Å². The lowest BCUT2D eigenvalue weighted by Gasteiger charge is -2.06. The molecular formula is C8H18O2S2. The molecular weight excluding hydrogens is 192 g/mol. The van der Waals surface area contributed by atoms with E-state index in [0.717, 1.165) is 25.7 Å². The van der Waals surface area contributed by atoms with Crippen LogP contribution in [0.1, 0.15) is 39.5 Å². The van der Waals surface area contributed by atoms with E-state index in [0.29, 0.717) is 12.4 Å². The van der Waals surface area contributed by atoms with E-state index in [1.807, 2.05) is 0 Å². The van der Waals surface area contributed by atoms with Gasteiger partial charge in [0.05, 0.1) is 12.4 Å². The summed E-state index contributed by atoms with van der Waals surface area (Å²) in [5.74, 6) is 0.530. The molecule has 0 aromatic rings. The summed E-state index contributed by atoms with van der Waals surface area (Å²) in [6, 6.07) is 0. The van der Waals surface area contributed by atoms with Crippen molar-refractivity contribution in [2.45, 2.75) is 39.5 Å². The maximum atomic E-state index is 11.4. The largest absolute Gasteiger partial charge is 0.290 e. The van der Waals surface area contributed by atoms with Gasteiger partial charge >= 0.3 is 0 Å². The highest BCUT2D eigenvalue weighted by molar-refractivity contribution is 8.30. The summed E-state index contributed by atoms with van der Waals surface area (Å²) in [5.41, 5.74) is 0. The minimum atomic E-state index is -2.38. The molecule has 0 aliphatic carbocycles. The monoisotopic (exact) mass is 210 g/mol. The number of hydrogen-bond acceptors (Lipinski definition) is 3. The van der Waals surface area contributed by atoms with Crippen LogP contribution in [0.5, 0.6) is 0 Å². The first-order valence-electron chi connectivity index (χ1n) is 4.49. The fraction of sp³-hybridized carbons (Fsp3) is 1.00. The summed E-state index contributed by atoms with van der Waals surface area (Å²) in [6.45, 7) is 4.67. The van der Waals surface area contributed by atoms with Crippen LogP contribution >= 0.6 is 0 Å². The van der Waals surface area contributed by atoms with Gasteiger partial charge in [0, 0.05) is 11.2 Å². The first-order valence-corrected chi connectivity index (χ1v) is 7.07. The molecule has 2 nitrogen and oxygen atoms in total. The van der Waals surface area contributed by atoms with Gasteiger partial charge in [-0.2, -0.15) is 0 Å². The summed E-state index contributed by atoms with van der Waals surface area (Å²) in [5, 5.41) is 0. The summed E-state index contributed by atoms with van der Waals surface area (Å²) in [6.07, 6.45) is 3.91. The molecule has 0 radical (unpaired) electrons. The minimum absolute atomic E-state index is 0.530. The molecule has 74 valence electrons. The molecule has 0 aliphatic heterocycles. The maximum absolute atomic E-state index is 11.4. The van der Waals surface area contributed by atoms with Crippen LogP contribution in [-0.4, -0.2) is 16.6 Å². The van der Waals surface area contributed by atoms with Gasteiger partial charge in [0.15, 0.2) is 0 Å². The zero-order valence-electron chi connectivity index (χ0n) is 7.88. The predicted molar refractivity (Wildman–Crippen MR) is 56.1 cm³/mol. The third-order valence-corrected chi connectivity index (χ3v) is 3.61. The summed E-state index contributed by atoms with van der Waals surface area (Å²) in [7, 11) is -2.38. The van der Waals surface area contributed by atoms with Crippen LogP contribution < -0.4 is 0 Å². The Labute approximate surface area is 80.6 Å². The fourth-order valence-electron chi connectivity index (χ4n) is 0.710. The van der Waals surface area contributed by atoms with Crippen LogP contribution in [0.3, 0.4) is 0 Å². The third kappa shape index (κ3) is 7.00. The van der Waals surface area contributed by atoms with Crippen molar-refractivity contribution >= 4 is 20.0 Å². The molecule has 1 atom stereocenters. The van der Waals surface area contributed by atoms with Crippen molar-refractivity contribution in [2.75, 3.05) is 12.4 Å². The maximum Gasteiger partial charge on any atom is 0.144 e. The Morgan fingerprint density at radius 3 is 2.33 bits per heavy atom. The molecule has 0 aromatic carbocycles. The second-order valence-corrected chi connectivity index (χ2v) is 6.07. The zero-order chi connectivity index (χ0) is 9.45. The van der Waals surface area contributed by atoms with Gasteiger partial charge < -0.3 is 0 Å². The molecule has 0 heterocycles. The number of unbranched alkanes of at least 4 members (excludes halogenated alkanes) is 2. The molecule has 4 heteroatoms. The van der Waals surface area contributed by atoms with E-state index in [1.165, 1.54) is 0 Å². The predicted octanol–water partition coefficient (Wildman–Crippen LogP) is 2.26. The van der Waals surface area contributed by atoms with Crippen molar-refractivity contribution in [3.05, 3.63) is 0 Å².